The molecular weight excluding hydrogens is 206 g/mol. The van der Waals surface area contributed by atoms with Gasteiger partial charge < -0.3 is 14.7 Å². The van der Waals surface area contributed by atoms with E-state index in [0.29, 0.717) is 18.4 Å². The van der Waals surface area contributed by atoms with Crippen LogP contribution in [0.1, 0.15) is 32.1 Å². The van der Waals surface area contributed by atoms with Crippen molar-refractivity contribution < 1.29 is 14.6 Å². The fraction of sp³-hybridized carbons (Fsp3) is 0.917. The smallest absolute Gasteiger partial charge is 0.303 e. The van der Waals surface area contributed by atoms with Crippen LogP contribution in [0.15, 0.2) is 0 Å². The Morgan fingerprint density at radius 1 is 1.31 bits per heavy atom. The maximum atomic E-state index is 10.6. The molecule has 0 amide bonds. The minimum Gasteiger partial charge on any atom is -0.481 e. The molecule has 0 radical (unpaired) electrons. The lowest BCUT2D eigenvalue weighted by molar-refractivity contribution is -0.138. The number of nitrogens with zero attached hydrogens (tertiary/aromatic N) is 1. The summed E-state index contributed by atoms with van der Waals surface area (Å²) < 4.78 is 5.61. The third-order valence-electron chi connectivity index (χ3n) is 3.66. The van der Waals surface area contributed by atoms with Gasteiger partial charge in [0.15, 0.2) is 0 Å². The molecule has 16 heavy (non-hydrogen) atoms. The van der Waals surface area contributed by atoms with Crippen LogP contribution in [0.5, 0.6) is 0 Å². The first-order valence-electron chi connectivity index (χ1n) is 6.30. The molecule has 2 saturated heterocycles. The van der Waals surface area contributed by atoms with E-state index >= 15 is 0 Å². The van der Waals surface area contributed by atoms with Gasteiger partial charge in [0.1, 0.15) is 0 Å². The molecule has 0 aromatic carbocycles. The first-order valence-corrected chi connectivity index (χ1v) is 6.30. The molecule has 0 saturated carbocycles. The molecule has 0 bridgehead atoms. The Hall–Kier alpha value is -0.610. The summed E-state index contributed by atoms with van der Waals surface area (Å²) in [5.74, 6) is -0.268. The highest BCUT2D eigenvalue weighted by molar-refractivity contribution is 5.67. The van der Waals surface area contributed by atoms with Gasteiger partial charge in [0.2, 0.25) is 0 Å². The van der Waals surface area contributed by atoms with Crippen LogP contribution in [0.2, 0.25) is 0 Å². The molecule has 92 valence electrons. The molecule has 2 fully saturated rings. The molecule has 4 nitrogen and oxygen atoms in total. The minimum atomic E-state index is -0.655. The number of rotatable bonds is 4. The van der Waals surface area contributed by atoms with Gasteiger partial charge in [-0.3, -0.25) is 4.79 Å². The Bertz CT molecular complexity index is 230. The highest BCUT2D eigenvalue weighted by atomic mass is 16.5. The second-order valence-electron chi connectivity index (χ2n) is 4.98. The molecule has 2 aliphatic rings. The number of carboxylic acid groups (broad SMARTS) is 1. The Labute approximate surface area is 96.6 Å². The molecule has 1 N–H and O–H groups in total. The van der Waals surface area contributed by atoms with E-state index in [1.54, 1.807) is 0 Å². The predicted molar refractivity (Wildman–Crippen MR) is 60.4 cm³/mol. The molecule has 4 heteroatoms. The molecule has 2 rings (SSSR count). The van der Waals surface area contributed by atoms with Crippen molar-refractivity contribution in [3.63, 3.8) is 0 Å². The summed E-state index contributed by atoms with van der Waals surface area (Å²) >= 11 is 0. The second-order valence-corrected chi connectivity index (χ2v) is 4.98. The lowest BCUT2D eigenvalue weighted by atomic mass is 9.93. The summed E-state index contributed by atoms with van der Waals surface area (Å²) in [5.41, 5.74) is 0. The molecule has 2 aliphatic heterocycles. The number of carboxylic acids is 1. The normalized spacial score (nSPS) is 28.4. The van der Waals surface area contributed by atoms with Gasteiger partial charge in [-0.05, 0) is 44.7 Å². The summed E-state index contributed by atoms with van der Waals surface area (Å²) in [6.45, 7) is 4.04. The molecule has 0 aromatic rings. The Kier molecular flexibility index (Phi) is 4.18. The van der Waals surface area contributed by atoms with Crippen molar-refractivity contribution >= 4 is 5.97 Å². The van der Waals surface area contributed by atoms with Gasteiger partial charge in [0, 0.05) is 19.6 Å². The standard InChI is InChI=1S/C12H21NO3/c14-12(15)8-10-3-5-13(6-4-10)9-11-2-1-7-16-11/h10-11H,1-9H2,(H,14,15)/t11-/m0/s1. The van der Waals surface area contributed by atoms with Crippen LogP contribution in [-0.2, 0) is 9.53 Å². The summed E-state index contributed by atoms with van der Waals surface area (Å²) in [7, 11) is 0. The minimum absolute atomic E-state index is 0.341. The average Bonchev–Trinajstić information content (AvgIpc) is 2.73. The van der Waals surface area contributed by atoms with E-state index in [4.69, 9.17) is 9.84 Å². The summed E-state index contributed by atoms with van der Waals surface area (Å²) in [4.78, 5) is 13.0. The lowest BCUT2D eigenvalue weighted by Crippen LogP contribution is -2.39. The van der Waals surface area contributed by atoms with E-state index in [9.17, 15) is 4.79 Å². The van der Waals surface area contributed by atoms with Gasteiger partial charge in [-0.2, -0.15) is 0 Å². The fourth-order valence-electron chi connectivity index (χ4n) is 2.70. The Balaban J connectivity index is 1.66. The van der Waals surface area contributed by atoms with Crippen LogP contribution in [0, 0.1) is 5.92 Å². The van der Waals surface area contributed by atoms with Crippen molar-refractivity contribution in [1.29, 1.82) is 0 Å². The highest BCUT2D eigenvalue weighted by Gasteiger charge is 2.24. The van der Waals surface area contributed by atoms with Crippen LogP contribution in [0.25, 0.3) is 0 Å². The first kappa shape index (κ1) is 11.9. The van der Waals surface area contributed by atoms with Gasteiger partial charge in [-0.15, -0.1) is 0 Å². The maximum Gasteiger partial charge on any atom is 0.303 e. The molecule has 0 aliphatic carbocycles. The Morgan fingerprint density at radius 3 is 2.62 bits per heavy atom. The van der Waals surface area contributed by atoms with Gasteiger partial charge >= 0.3 is 5.97 Å². The number of piperidine rings is 1. The topological polar surface area (TPSA) is 49.8 Å². The number of ether oxygens (including phenoxy) is 1. The zero-order valence-corrected chi connectivity index (χ0v) is 9.73. The zero-order valence-electron chi connectivity index (χ0n) is 9.73. The highest BCUT2D eigenvalue weighted by Crippen LogP contribution is 2.22. The Morgan fingerprint density at radius 2 is 2.06 bits per heavy atom. The van der Waals surface area contributed by atoms with Gasteiger partial charge in [-0.25, -0.2) is 0 Å². The van der Waals surface area contributed by atoms with Crippen LogP contribution in [0.4, 0.5) is 0 Å². The number of carbonyl (C=O) groups is 1. The zero-order chi connectivity index (χ0) is 11.4. The van der Waals surface area contributed by atoms with Crippen LogP contribution in [0.3, 0.4) is 0 Å². The first-order chi connectivity index (χ1) is 7.74. The van der Waals surface area contributed by atoms with E-state index in [1.807, 2.05) is 0 Å². The van der Waals surface area contributed by atoms with Gasteiger partial charge in [0.05, 0.1) is 6.10 Å². The quantitative estimate of drug-likeness (QED) is 0.787. The third kappa shape index (κ3) is 3.46. The molecule has 2 heterocycles. The average molecular weight is 227 g/mol. The van der Waals surface area contributed by atoms with Crippen molar-refractivity contribution in [2.45, 2.75) is 38.2 Å². The van der Waals surface area contributed by atoms with Gasteiger partial charge in [-0.1, -0.05) is 0 Å². The fourth-order valence-corrected chi connectivity index (χ4v) is 2.70. The number of likely N-dealkylation sites (tertiary alicyclic amines) is 1. The van der Waals surface area contributed by atoms with Crippen LogP contribution in [-0.4, -0.2) is 48.3 Å². The number of aliphatic carboxylic acids is 1. The van der Waals surface area contributed by atoms with Crippen molar-refractivity contribution in [2.75, 3.05) is 26.2 Å². The second kappa shape index (κ2) is 5.64. The lowest BCUT2D eigenvalue weighted by Gasteiger charge is -2.32. The molecule has 0 spiro atoms. The predicted octanol–water partition coefficient (Wildman–Crippen LogP) is 1.35. The van der Waals surface area contributed by atoms with Crippen molar-refractivity contribution in [3.8, 4) is 0 Å². The van der Waals surface area contributed by atoms with Crippen molar-refractivity contribution in [1.82, 2.24) is 4.90 Å². The summed E-state index contributed by atoms with van der Waals surface area (Å²) in [6.07, 6.45) is 5.21. The maximum absolute atomic E-state index is 10.6. The number of hydrogen-bond donors (Lipinski definition) is 1. The van der Waals surface area contributed by atoms with Gasteiger partial charge in [0.25, 0.3) is 0 Å². The van der Waals surface area contributed by atoms with E-state index in [2.05, 4.69) is 4.90 Å². The van der Waals surface area contributed by atoms with E-state index in [-0.39, 0.29) is 0 Å². The van der Waals surface area contributed by atoms with Crippen molar-refractivity contribution in [2.24, 2.45) is 5.92 Å². The molecule has 0 aromatic heterocycles. The van der Waals surface area contributed by atoms with E-state index in [1.165, 1.54) is 12.8 Å². The monoisotopic (exact) mass is 227 g/mol. The summed E-state index contributed by atoms with van der Waals surface area (Å²) in [5, 5.41) is 8.73. The SMILES string of the molecule is O=C(O)CC1CCN(C[C@@H]2CCCO2)CC1. The van der Waals surface area contributed by atoms with E-state index in [0.717, 1.165) is 39.1 Å². The molecule has 1 atom stereocenters. The largest absolute Gasteiger partial charge is 0.481 e. The third-order valence-corrected chi connectivity index (χ3v) is 3.66. The van der Waals surface area contributed by atoms with Crippen molar-refractivity contribution in [3.05, 3.63) is 0 Å². The van der Waals surface area contributed by atoms with Crippen LogP contribution >= 0.6 is 0 Å². The van der Waals surface area contributed by atoms with E-state index < -0.39 is 5.97 Å². The van der Waals surface area contributed by atoms with Crippen LogP contribution < -0.4 is 0 Å². The molecular formula is C12H21NO3. The summed E-state index contributed by atoms with van der Waals surface area (Å²) in [6, 6.07) is 0. The molecule has 0 unspecified atom stereocenters. The number of hydrogen-bond acceptors (Lipinski definition) is 3.